The molecule has 0 fully saturated rings. The molecule has 118 valence electrons. The number of hydrogen-bond acceptors (Lipinski definition) is 4. The minimum atomic E-state index is -0.536. The zero-order valence-electron chi connectivity index (χ0n) is 12.0. The molecule has 3 N–H and O–H groups in total. The van der Waals surface area contributed by atoms with E-state index in [1.807, 2.05) is 0 Å². The maximum absolute atomic E-state index is 11.7. The van der Waals surface area contributed by atoms with E-state index in [0.29, 0.717) is 16.3 Å². The molecular weight excluding hydrogens is 318 g/mol. The van der Waals surface area contributed by atoms with Gasteiger partial charge >= 0.3 is 0 Å². The van der Waals surface area contributed by atoms with Crippen molar-refractivity contribution in [2.45, 2.75) is 6.42 Å². The lowest BCUT2D eigenvalue weighted by atomic mass is 10.2. The van der Waals surface area contributed by atoms with Gasteiger partial charge in [-0.1, -0.05) is 11.6 Å². The second-order valence-corrected chi connectivity index (χ2v) is 5.05. The van der Waals surface area contributed by atoms with Gasteiger partial charge < -0.3 is 10.4 Å². The standard InChI is InChI=1S/C16H14ClN3O3/c17-12-3-5-13(6-4-12)19-15(22)9-16(23)20-18-10-11-1-7-14(21)8-2-11/h1-8,10,21H,9H2,(H,19,22)(H,20,23)/b18-10+. The Hall–Kier alpha value is -2.86. The van der Waals surface area contributed by atoms with E-state index in [1.54, 1.807) is 36.4 Å². The third kappa shape index (κ3) is 5.80. The van der Waals surface area contributed by atoms with Crippen LogP contribution in [0.3, 0.4) is 0 Å². The molecule has 2 amide bonds. The van der Waals surface area contributed by atoms with Crippen molar-refractivity contribution < 1.29 is 14.7 Å². The molecule has 0 radical (unpaired) electrons. The van der Waals surface area contributed by atoms with Gasteiger partial charge in [-0.05, 0) is 54.1 Å². The molecule has 2 aromatic rings. The maximum Gasteiger partial charge on any atom is 0.249 e. The Balaban J connectivity index is 1.78. The molecule has 23 heavy (non-hydrogen) atoms. The highest BCUT2D eigenvalue weighted by atomic mass is 35.5. The second-order valence-electron chi connectivity index (χ2n) is 4.62. The van der Waals surface area contributed by atoms with Crippen LogP contribution in [0, 0.1) is 0 Å². The van der Waals surface area contributed by atoms with Gasteiger partial charge in [0, 0.05) is 10.7 Å². The van der Waals surface area contributed by atoms with Crippen molar-refractivity contribution in [2.75, 3.05) is 5.32 Å². The highest BCUT2D eigenvalue weighted by Crippen LogP contribution is 2.13. The van der Waals surface area contributed by atoms with Crippen LogP contribution in [0.5, 0.6) is 5.75 Å². The van der Waals surface area contributed by atoms with Crippen LogP contribution in [0.2, 0.25) is 5.02 Å². The fraction of sp³-hybridized carbons (Fsp3) is 0.0625. The topological polar surface area (TPSA) is 90.8 Å². The van der Waals surface area contributed by atoms with Gasteiger partial charge in [-0.2, -0.15) is 5.10 Å². The summed E-state index contributed by atoms with van der Waals surface area (Å²) < 4.78 is 0. The van der Waals surface area contributed by atoms with Gasteiger partial charge in [0.05, 0.1) is 6.21 Å². The van der Waals surface area contributed by atoms with E-state index >= 15 is 0 Å². The largest absolute Gasteiger partial charge is 0.508 e. The lowest BCUT2D eigenvalue weighted by Crippen LogP contribution is -2.24. The average molecular weight is 332 g/mol. The fourth-order valence-corrected chi connectivity index (χ4v) is 1.79. The Morgan fingerprint density at radius 3 is 2.35 bits per heavy atom. The molecule has 0 saturated carbocycles. The quantitative estimate of drug-likeness (QED) is 0.446. The van der Waals surface area contributed by atoms with Crippen molar-refractivity contribution in [3.05, 3.63) is 59.1 Å². The van der Waals surface area contributed by atoms with Crippen molar-refractivity contribution in [1.29, 1.82) is 0 Å². The van der Waals surface area contributed by atoms with Crippen LogP contribution in [-0.2, 0) is 9.59 Å². The molecule has 2 aromatic carbocycles. The lowest BCUT2D eigenvalue weighted by Gasteiger charge is -2.04. The first-order chi connectivity index (χ1) is 11.0. The number of hydrazone groups is 1. The number of benzene rings is 2. The number of nitrogens with one attached hydrogen (secondary N) is 2. The number of phenolic OH excluding ortho intramolecular Hbond substituents is 1. The SMILES string of the molecule is O=C(CC(=O)Nc1ccc(Cl)cc1)N/N=C/c1ccc(O)cc1. The predicted octanol–water partition coefficient (Wildman–Crippen LogP) is 2.52. The van der Waals surface area contributed by atoms with E-state index in [2.05, 4.69) is 15.8 Å². The van der Waals surface area contributed by atoms with E-state index in [4.69, 9.17) is 16.7 Å². The molecule has 0 heterocycles. The Kier molecular flexibility index (Phi) is 5.71. The highest BCUT2D eigenvalue weighted by Gasteiger charge is 2.08. The molecule has 7 heteroatoms. The number of rotatable bonds is 5. The number of halogens is 1. The summed E-state index contributed by atoms with van der Waals surface area (Å²) in [6.45, 7) is 0. The van der Waals surface area contributed by atoms with Crippen LogP contribution >= 0.6 is 11.6 Å². The maximum atomic E-state index is 11.7. The summed E-state index contributed by atoms with van der Waals surface area (Å²) in [5, 5.41) is 16.0. The lowest BCUT2D eigenvalue weighted by molar-refractivity contribution is -0.126. The predicted molar refractivity (Wildman–Crippen MR) is 88.5 cm³/mol. The van der Waals surface area contributed by atoms with E-state index < -0.39 is 11.8 Å². The third-order valence-electron chi connectivity index (χ3n) is 2.75. The van der Waals surface area contributed by atoms with Gasteiger partial charge in [-0.25, -0.2) is 5.43 Å². The third-order valence-corrected chi connectivity index (χ3v) is 3.00. The molecule has 2 rings (SSSR count). The molecule has 6 nitrogen and oxygen atoms in total. The highest BCUT2D eigenvalue weighted by molar-refractivity contribution is 6.30. The minimum absolute atomic E-state index is 0.144. The summed E-state index contributed by atoms with van der Waals surface area (Å²) in [6.07, 6.45) is 1.06. The molecule has 0 atom stereocenters. The normalized spacial score (nSPS) is 10.5. The number of nitrogens with zero attached hydrogens (tertiary/aromatic N) is 1. The number of carbonyl (C=O) groups is 2. The summed E-state index contributed by atoms with van der Waals surface area (Å²) in [7, 11) is 0. The van der Waals surface area contributed by atoms with Gasteiger partial charge in [-0.3, -0.25) is 9.59 Å². The number of phenols is 1. The van der Waals surface area contributed by atoms with Crippen molar-refractivity contribution in [2.24, 2.45) is 5.10 Å². The first kappa shape index (κ1) is 16.5. The van der Waals surface area contributed by atoms with Crippen molar-refractivity contribution in [1.82, 2.24) is 5.43 Å². The zero-order chi connectivity index (χ0) is 16.7. The van der Waals surface area contributed by atoms with E-state index in [-0.39, 0.29) is 12.2 Å². The van der Waals surface area contributed by atoms with Crippen LogP contribution in [0.1, 0.15) is 12.0 Å². The van der Waals surface area contributed by atoms with Gasteiger partial charge in [0.15, 0.2) is 0 Å². The molecule has 0 aliphatic carbocycles. The number of carbonyl (C=O) groups excluding carboxylic acids is 2. The molecule has 0 saturated heterocycles. The molecule has 0 aromatic heterocycles. The Morgan fingerprint density at radius 1 is 1.04 bits per heavy atom. The summed E-state index contributed by atoms with van der Waals surface area (Å²) in [5.74, 6) is -0.846. The number of aromatic hydroxyl groups is 1. The summed E-state index contributed by atoms with van der Waals surface area (Å²) in [6, 6.07) is 12.8. The zero-order valence-corrected chi connectivity index (χ0v) is 12.7. The molecule has 0 aliphatic rings. The molecule has 0 spiro atoms. The van der Waals surface area contributed by atoms with Crippen LogP contribution in [-0.4, -0.2) is 23.1 Å². The summed E-state index contributed by atoms with van der Waals surface area (Å²) >= 11 is 5.74. The molecular formula is C16H14ClN3O3. The number of amides is 2. The van der Waals surface area contributed by atoms with Crippen LogP contribution in [0.15, 0.2) is 53.6 Å². The summed E-state index contributed by atoms with van der Waals surface area (Å²) in [4.78, 5) is 23.3. The smallest absolute Gasteiger partial charge is 0.249 e. The monoisotopic (exact) mass is 331 g/mol. The van der Waals surface area contributed by atoms with Crippen molar-refractivity contribution >= 4 is 35.3 Å². The second kappa shape index (κ2) is 7.95. The average Bonchev–Trinajstić information content (AvgIpc) is 2.51. The Labute approximate surface area is 137 Å². The van der Waals surface area contributed by atoms with Crippen molar-refractivity contribution in [3.63, 3.8) is 0 Å². The first-order valence-electron chi connectivity index (χ1n) is 6.69. The summed E-state index contributed by atoms with van der Waals surface area (Å²) in [5.41, 5.74) is 3.52. The number of anilines is 1. The Bertz CT molecular complexity index is 712. The first-order valence-corrected chi connectivity index (χ1v) is 7.07. The van der Waals surface area contributed by atoms with E-state index in [9.17, 15) is 9.59 Å². The fourth-order valence-electron chi connectivity index (χ4n) is 1.66. The van der Waals surface area contributed by atoms with Gasteiger partial charge in [0.25, 0.3) is 0 Å². The van der Waals surface area contributed by atoms with Gasteiger partial charge in [-0.15, -0.1) is 0 Å². The number of hydrogen-bond donors (Lipinski definition) is 3. The molecule has 0 aliphatic heterocycles. The van der Waals surface area contributed by atoms with E-state index in [0.717, 1.165) is 0 Å². The van der Waals surface area contributed by atoms with Crippen LogP contribution < -0.4 is 10.7 Å². The van der Waals surface area contributed by atoms with Crippen LogP contribution in [0.25, 0.3) is 0 Å². The minimum Gasteiger partial charge on any atom is -0.508 e. The van der Waals surface area contributed by atoms with Gasteiger partial charge in [0.1, 0.15) is 12.2 Å². The van der Waals surface area contributed by atoms with Crippen LogP contribution in [0.4, 0.5) is 5.69 Å². The van der Waals surface area contributed by atoms with Gasteiger partial charge in [0.2, 0.25) is 11.8 Å². The molecule has 0 bridgehead atoms. The Morgan fingerprint density at radius 2 is 1.70 bits per heavy atom. The van der Waals surface area contributed by atoms with E-state index in [1.165, 1.54) is 18.3 Å². The molecule has 0 unspecified atom stereocenters. The van der Waals surface area contributed by atoms with Crippen molar-refractivity contribution in [3.8, 4) is 5.75 Å².